The third kappa shape index (κ3) is 3.37. The number of hydrogen-bond acceptors (Lipinski definition) is 3. The highest BCUT2D eigenvalue weighted by molar-refractivity contribution is 5.94. The highest BCUT2D eigenvalue weighted by atomic mass is 16.3. The van der Waals surface area contributed by atoms with E-state index in [1.54, 1.807) is 6.26 Å². The van der Waals surface area contributed by atoms with Gasteiger partial charge in [0.25, 0.3) is 5.91 Å². The van der Waals surface area contributed by atoms with Crippen LogP contribution in [-0.4, -0.2) is 49.4 Å². The highest BCUT2D eigenvalue weighted by Crippen LogP contribution is 2.25. The van der Waals surface area contributed by atoms with Crippen molar-refractivity contribution in [2.75, 3.05) is 33.7 Å². The topological polar surface area (TPSA) is 36.7 Å². The Morgan fingerprint density at radius 3 is 2.65 bits per heavy atom. The molecule has 2 aromatic carbocycles. The Hall–Kier alpha value is -2.59. The standard InChI is InChI=1S/C22H24N2O2/c1-23-11-9-16(14-23)15-24(2)22(25)18-5-3-17(4-6-18)19-7-8-21-20(13-19)10-12-26-21/h3-8,10,12-13,16H,9,11,14-15H2,1-2H3. The minimum absolute atomic E-state index is 0.0939. The molecule has 134 valence electrons. The fourth-order valence-electron chi connectivity index (χ4n) is 3.82. The zero-order chi connectivity index (χ0) is 18.1. The maximum atomic E-state index is 12.7. The molecule has 0 spiro atoms. The maximum absolute atomic E-state index is 12.7. The quantitative estimate of drug-likeness (QED) is 0.711. The summed E-state index contributed by atoms with van der Waals surface area (Å²) >= 11 is 0. The summed E-state index contributed by atoms with van der Waals surface area (Å²) in [7, 11) is 4.04. The number of carbonyl (C=O) groups excluding carboxylic acids is 1. The van der Waals surface area contributed by atoms with Gasteiger partial charge in [0.15, 0.2) is 0 Å². The van der Waals surface area contributed by atoms with E-state index < -0.39 is 0 Å². The van der Waals surface area contributed by atoms with Crippen LogP contribution < -0.4 is 0 Å². The van der Waals surface area contributed by atoms with Gasteiger partial charge in [-0.3, -0.25) is 4.79 Å². The Morgan fingerprint density at radius 2 is 1.92 bits per heavy atom. The summed E-state index contributed by atoms with van der Waals surface area (Å²) in [6.45, 7) is 3.03. The third-order valence-electron chi connectivity index (χ3n) is 5.29. The van der Waals surface area contributed by atoms with Crippen LogP contribution in [0.4, 0.5) is 0 Å². The van der Waals surface area contributed by atoms with Crippen LogP contribution in [0.5, 0.6) is 0 Å². The molecule has 0 saturated carbocycles. The summed E-state index contributed by atoms with van der Waals surface area (Å²) in [5, 5.41) is 1.09. The van der Waals surface area contributed by atoms with Crippen molar-refractivity contribution in [3.63, 3.8) is 0 Å². The SMILES string of the molecule is CN1CCC(CN(C)C(=O)c2ccc(-c3ccc4occc4c3)cc2)C1. The molecule has 1 aliphatic rings. The van der Waals surface area contributed by atoms with Crippen molar-refractivity contribution in [1.29, 1.82) is 0 Å². The van der Waals surface area contributed by atoms with Crippen molar-refractivity contribution in [1.82, 2.24) is 9.80 Å². The first kappa shape index (κ1) is 16.9. The molecule has 1 saturated heterocycles. The monoisotopic (exact) mass is 348 g/mol. The molecule has 1 aromatic heterocycles. The molecular weight excluding hydrogens is 324 g/mol. The minimum atomic E-state index is 0.0939. The summed E-state index contributed by atoms with van der Waals surface area (Å²) in [6, 6.07) is 16.0. The average molecular weight is 348 g/mol. The van der Waals surface area contributed by atoms with Gasteiger partial charge in [0.1, 0.15) is 5.58 Å². The van der Waals surface area contributed by atoms with Crippen LogP contribution in [0.3, 0.4) is 0 Å². The number of carbonyl (C=O) groups is 1. The molecule has 1 amide bonds. The van der Waals surface area contributed by atoms with Crippen LogP contribution in [0.25, 0.3) is 22.1 Å². The van der Waals surface area contributed by atoms with E-state index >= 15 is 0 Å². The van der Waals surface area contributed by atoms with E-state index in [4.69, 9.17) is 4.42 Å². The largest absolute Gasteiger partial charge is 0.464 e. The lowest BCUT2D eigenvalue weighted by Crippen LogP contribution is -2.32. The van der Waals surface area contributed by atoms with Crippen LogP contribution in [0.2, 0.25) is 0 Å². The van der Waals surface area contributed by atoms with E-state index in [9.17, 15) is 4.79 Å². The third-order valence-corrected chi connectivity index (χ3v) is 5.29. The first-order valence-electron chi connectivity index (χ1n) is 9.12. The van der Waals surface area contributed by atoms with Crippen LogP contribution in [0.1, 0.15) is 16.8 Å². The lowest BCUT2D eigenvalue weighted by molar-refractivity contribution is 0.0774. The molecule has 3 aromatic rings. The predicted octanol–water partition coefficient (Wildman–Crippen LogP) is 4.12. The lowest BCUT2D eigenvalue weighted by atomic mass is 10.0. The van der Waals surface area contributed by atoms with Gasteiger partial charge in [0.05, 0.1) is 6.26 Å². The summed E-state index contributed by atoms with van der Waals surface area (Å²) in [6.07, 6.45) is 2.87. The van der Waals surface area contributed by atoms with Crippen molar-refractivity contribution < 1.29 is 9.21 Å². The van der Waals surface area contributed by atoms with Crippen LogP contribution >= 0.6 is 0 Å². The van der Waals surface area contributed by atoms with Gasteiger partial charge in [-0.25, -0.2) is 0 Å². The van der Waals surface area contributed by atoms with Gasteiger partial charge >= 0.3 is 0 Å². The van der Waals surface area contributed by atoms with Crippen LogP contribution in [0.15, 0.2) is 59.2 Å². The number of furan rings is 1. The molecule has 1 aliphatic heterocycles. The molecule has 1 atom stereocenters. The fourth-order valence-corrected chi connectivity index (χ4v) is 3.82. The van der Waals surface area contributed by atoms with E-state index in [-0.39, 0.29) is 5.91 Å². The number of fused-ring (bicyclic) bond motifs is 1. The maximum Gasteiger partial charge on any atom is 0.253 e. The van der Waals surface area contributed by atoms with Crippen LogP contribution in [-0.2, 0) is 0 Å². The summed E-state index contributed by atoms with van der Waals surface area (Å²) in [4.78, 5) is 16.9. The molecule has 0 aliphatic carbocycles. The van der Waals surface area contributed by atoms with E-state index in [2.05, 4.69) is 18.0 Å². The molecule has 0 N–H and O–H groups in total. The molecule has 0 bridgehead atoms. The summed E-state index contributed by atoms with van der Waals surface area (Å²) in [5.74, 6) is 0.673. The molecule has 26 heavy (non-hydrogen) atoms. The lowest BCUT2D eigenvalue weighted by Gasteiger charge is -2.21. The number of nitrogens with zero attached hydrogens (tertiary/aromatic N) is 2. The zero-order valence-electron chi connectivity index (χ0n) is 15.3. The molecule has 4 rings (SSSR count). The molecule has 2 heterocycles. The predicted molar refractivity (Wildman–Crippen MR) is 104 cm³/mol. The van der Waals surface area contributed by atoms with Gasteiger partial charge in [-0.15, -0.1) is 0 Å². The number of hydrogen-bond donors (Lipinski definition) is 0. The number of amides is 1. The fraction of sp³-hybridized carbons (Fsp3) is 0.318. The van der Waals surface area contributed by atoms with E-state index in [1.165, 1.54) is 6.42 Å². The molecule has 0 radical (unpaired) electrons. The van der Waals surface area contributed by atoms with Gasteiger partial charge in [-0.1, -0.05) is 18.2 Å². The summed E-state index contributed by atoms with van der Waals surface area (Å²) < 4.78 is 5.39. The smallest absolute Gasteiger partial charge is 0.253 e. The van der Waals surface area contributed by atoms with Crippen LogP contribution in [0, 0.1) is 5.92 Å². The second kappa shape index (κ2) is 6.96. The number of benzene rings is 2. The highest BCUT2D eigenvalue weighted by Gasteiger charge is 2.23. The van der Waals surface area contributed by atoms with Gasteiger partial charge in [0, 0.05) is 31.1 Å². The van der Waals surface area contributed by atoms with Gasteiger partial charge < -0.3 is 14.2 Å². The Balaban J connectivity index is 1.47. The number of rotatable bonds is 4. The Bertz CT molecular complexity index is 913. The van der Waals surface area contributed by atoms with E-state index in [0.717, 1.165) is 47.3 Å². The Kier molecular flexibility index (Phi) is 4.51. The van der Waals surface area contributed by atoms with Crippen molar-refractivity contribution in [2.45, 2.75) is 6.42 Å². The van der Waals surface area contributed by atoms with Crippen molar-refractivity contribution >= 4 is 16.9 Å². The van der Waals surface area contributed by atoms with Crippen molar-refractivity contribution in [3.05, 3.63) is 60.4 Å². The molecule has 1 fully saturated rings. The Labute approximate surface area is 154 Å². The van der Waals surface area contributed by atoms with E-state index in [0.29, 0.717) is 5.92 Å². The summed E-state index contributed by atoms with van der Waals surface area (Å²) in [5.41, 5.74) is 3.86. The molecule has 1 unspecified atom stereocenters. The zero-order valence-corrected chi connectivity index (χ0v) is 15.3. The Morgan fingerprint density at radius 1 is 1.15 bits per heavy atom. The second-order valence-electron chi connectivity index (χ2n) is 7.35. The van der Waals surface area contributed by atoms with E-state index in [1.807, 2.05) is 54.4 Å². The second-order valence-corrected chi connectivity index (χ2v) is 7.35. The first-order valence-corrected chi connectivity index (χ1v) is 9.12. The molecule has 4 heteroatoms. The average Bonchev–Trinajstić information content (AvgIpc) is 3.29. The number of likely N-dealkylation sites (tertiary alicyclic amines) is 1. The molecular formula is C22H24N2O2. The normalized spacial score (nSPS) is 17.7. The van der Waals surface area contributed by atoms with Gasteiger partial charge in [0.2, 0.25) is 0 Å². The van der Waals surface area contributed by atoms with Gasteiger partial charge in [-0.05, 0) is 67.4 Å². The minimum Gasteiger partial charge on any atom is -0.464 e. The van der Waals surface area contributed by atoms with Crippen molar-refractivity contribution in [3.8, 4) is 11.1 Å². The van der Waals surface area contributed by atoms with Crippen molar-refractivity contribution in [2.24, 2.45) is 5.92 Å². The first-order chi connectivity index (χ1) is 12.6. The van der Waals surface area contributed by atoms with Gasteiger partial charge in [-0.2, -0.15) is 0 Å². The molecule has 4 nitrogen and oxygen atoms in total.